The molecule has 0 aliphatic carbocycles. The van der Waals surface area contributed by atoms with E-state index in [4.69, 9.17) is 9.52 Å². The molecule has 0 saturated heterocycles. The van der Waals surface area contributed by atoms with Crippen molar-refractivity contribution in [3.8, 4) is 0 Å². The summed E-state index contributed by atoms with van der Waals surface area (Å²) in [5.74, 6) is -0.158. The Hall–Kier alpha value is -1.88. The van der Waals surface area contributed by atoms with Gasteiger partial charge in [0.2, 0.25) is 0 Å². The Morgan fingerprint density at radius 3 is 2.89 bits per heavy atom. The second-order valence-electron chi connectivity index (χ2n) is 5.33. The van der Waals surface area contributed by atoms with Crippen LogP contribution in [0.2, 0.25) is 0 Å². The molecule has 0 radical (unpaired) electrons. The summed E-state index contributed by atoms with van der Waals surface area (Å²) in [6.45, 7) is 6.24. The number of hydrogen-bond donors (Lipinski definition) is 2. The number of carbonyl (C=O) groups is 1. The van der Waals surface area contributed by atoms with Gasteiger partial charge in [0.25, 0.3) is 0 Å². The predicted molar refractivity (Wildman–Crippen MR) is 71.9 cm³/mol. The average molecular weight is 262 g/mol. The van der Waals surface area contributed by atoms with Gasteiger partial charge in [0, 0.05) is 20.0 Å². The lowest BCUT2D eigenvalue weighted by molar-refractivity contribution is -0.146. The van der Waals surface area contributed by atoms with Crippen LogP contribution in [0.1, 0.15) is 25.3 Å². The maximum atomic E-state index is 11.0. The molecule has 1 aromatic carbocycles. The molecule has 1 heterocycles. The lowest BCUT2D eigenvalue weighted by atomic mass is 9.94. The average Bonchev–Trinajstić information content (AvgIpc) is 2.68. The SMILES string of the molecule is Cc1nc2cc(CNCC(C)(C)C(=O)O)ccc2o1. The van der Waals surface area contributed by atoms with Crippen molar-refractivity contribution in [3.63, 3.8) is 0 Å². The van der Waals surface area contributed by atoms with E-state index in [2.05, 4.69) is 10.3 Å². The van der Waals surface area contributed by atoms with Crippen molar-refractivity contribution in [2.24, 2.45) is 5.41 Å². The van der Waals surface area contributed by atoms with E-state index in [0.29, 0.717) is 19.0 Å². The molecule has 0 amide bonds. The summed E-state index contributed by atoms with van der Waals surface area (Å²) in [6, 6.07) is 5.79. The summed E-state index contributed by atoms with van der Waals surface area (Å²) in [4.78, 5) is 15.2. The number of rotatable bonds is 5. The van der Waals surface area contributed by atoms with Crippen LogP contribution in [0.3, 0.4) is 0 Å². The first kappa shape index (κ1) is 13.5. The van der Waals surface area contributed by atoms with Crippen molar-refractivity contribution in [2.45, 2.75) is 27.3 Å². The number of carboxylic acids is 1. The molecule has 2 aromatic rings. The highest BCUT2D eigenvalue weighted by molar-refractivity contribution is 5.74. The fourth-order valence-corrected chi connectivity index (χ4v) is 1.79. The Bertz CT molecular complexity index is 602. The minimum Gasteiger partial charge on any atom is -0.481 e. The summed E-state index contributed by atoms with van der Waals surface area (Å²) in [7, 11) is 0. The normalized spacial score (nSPS) is 11.9. The molecule has 0 aliphatic rings. The summed E-state index contributed by atoms with van der Waals surface area (Å²) in [6.07, 6.45) is 0. The van der Waals surface area contributed by atoms with Gasteiger partial charge in [-0.3, -0.25) is 4.79 Å². The molecule has 0 fully saturated rings. The Balaban J connectivity index is 2.00. The minimum atomic E-state index is -0.803. The second-order valence-corrected chi connectivity index (χ2v) is 5.33. The van der Waals surface area contributed by atoms with Crippen molar-refractivity contribution in [2.75, 3.05) is 6.54 Å². The van der Waals surface area contributed by atoms with E-state index in [1.165, 1.54) is 0 Å². The van der Waals surface area contributed by atoms with Gasteiger partial charge in [-0.2, -0.15) is 0 Å². The van der Waals surface area contributed by atoms with E-state index in [-0.39, 0.29) is 0 Å². The number of benzene rings is 1. The molecular formula is C14H18N2O3. The second kappa shape index (κ2) is 5.01. The number of nitrogens with zero attached hydrogens (tertiary/aromatic N) is 1. The van der Waals surface area contributed by atoms with Gasteiger partial charge in [-0.25, -0.2) is 4.98 Å². The van der Waals surface area contributed by atoms with Crippen LogP contribution < -0.4 is 5.32 Å². The van der Waals surface area contributed by atoms with Crippen molar-refractivity contribution >= 4 is 17.1 Å². The third kappa shape index (κ3) is 3.12. The molecule has 5 heteroatoms. The number of oxazole rings is 1. The lowest BCUT2D eigenvalue weighted by Crippen LogP contribution is -2.35. The van der Waals surface area contributed by atoms with Gasteiger partial charge in [-0.1, -0.05) is 6.07 Å². The first-order chi connectivity index (χ1) is 8.88. The number of carboxylic acid groups (broad SMARTS) is 1. The molecule has 0 unspecified atom stereocenters. The van der Waals surface area contributed by atoms with Gasteiger partial charge in [-0.05, 0) is 31.5 Å². The number of aromatic nitrogens is 1. The summed E-state index contributed by atoms with van der Waals surface area (Å²) in [5, 5.41) is 12.2. The highest BCUT2D eigenvalue weighted by atomic mass is 16.4. The monoisotopic (exact) mass is 262 g/mol. The number of nitrogens with one attached hydrogen (secondary N) is 1. The molecule has 5 nitrogen and oxygen atoms in total. The van der Waals surface area contributed by atoms with Crippen molar-refractivity contribution in [3.05, 3.63) is 29.7 Å². The van der Waals surface area contributed by atoms with Crippen LogP contribution in [-0.2, 0) is 11.3 Å². The molecule has 102 valence electrons. The van der Waals surface area contributed by atoms with Crippen molar-refractivity contribution in [1.29, 1.82) is 0 Å². The van der Waals surface area contributed by atoms with Crippen molar-refractivity contribution in [1.82, 2.24) is 10.3 Å². The first-order valence-electron chi connectivity index (χ1n) is 6.19. The number of aliphatic carboxylic acids is 1. The highest BCUT2D eigenvalue weighted by Crippen LogP contribution is 2.17. The van der Waals surface area contributed by atoms with Crippen LogP contribution in [0.5, 0.6) is 0 Å². The molecule has 0 bridgehead atoms. The van der Waals surface area contributed by atoms with Crippen LogP contribution >= 0.6 is 0 Å². The zero-order valence-corrected chi connectivity index (χ0v) is 11.4. The van der Waals surface area contributed by atoms with E-state index in [1.807, 2.05) is 25.1 Å². The Labute approximate surface area is 111 Å². The van der Waals surface area contributed by atoms with Gasteiger partial charge in [0.1, 0.15) is 5.52 Å². The largest absolute Gasteiger partial charge is 0.481 e. The van der Waals surface area contributed by atoms with Crippen LogP contribution in [0.15, 0.2) is 22.6 Å². The van der Waals surface area contributed by atoms with Gasteiger partial charge in [-0.15, -0.1) is 0 Å². The van der Waals surface area contributed by atoms with E-state index >= 15 is 0 Å². The first-order valence-corrected chi connectivity index (χ1v) is 6.19. The maximum Gasteiger partial charge on any atom is 0.310 e. The zero-order chi connectivity index (χ0) is 14.0. The quantitative estimate of drug-likeness (QED) is 0.865. The molecule has 1 aromatic heterocycles. The van der Waals surface area contributed by atoms with Crippen molar-refractivity contribution < 1.29 is 14.3 Å². The van der Waals surface area contributed by atoms with Crippen LogP contribution in [0.4, 0.5) is 0 Å². The molecule has 2 N–H and O–H groups in total. The molecular weight excluding hydrogens is 244 g/mol. The van der Waals surface area contributed by atoms with E-state index in [1.54, 1.807) is 13.8 Å². The smallest absolute Gasteiger partial charge is 0.310 e. The van der Waals surface area contributed by atoms with Crippen LogP contribution in [0.25, 0.3) is 11.1 Å². The Morgan fingerprint density at radius 2 is 2.21 bits per heavy atom. The lowest BCUT2D eigenvalue weighted by Gasteiger charge is -2.19. The van der Waals surface area contributed by atoms with Crippen LogP contribution in [0, 0.1) is 12.3 Å². The standard InChI is InChI=1S/C14H18N2O3/c1-9-16-11-6-10(4-5-12(11)19-9)7-15-8-14(2,3)13(17)18/h4-6,15H,7-8H2,1-3H3,(H,17,18). The molecule has 0 atom stereocenters. The summed E-state index contributed by atoms with van der Waals surface area (Å²) < 4.78 is 5.40. The van der Waals surface area contributed by atoms with Gasteiger partial charge in [0.15, 0.2) is 11.5 Å². The molecule has 0 spiro atoms. The molecule has 0 aliphatic heterocycles. The fourth-order valence-electron chi connectivity index (χ4n) is 1.79. The highest BCUT2D eigenvalue weighted by Gasteiger charge is 2.26. The predicted octanol–water partition coefficient (Wildman–Crippen LogP) is 2.34. The van der Waals surface area contributed by atoms with E-state index in [9.17, 15) is 4.79 Å². The van der Waals surface area contributed by atoms with E-state index < -0.39 is 11.4 Å². The fraction of sp³-hybridized carbons (Fsp3) is 0.429. The third-order valence-electron chi connectivity index (χ3n) is 3.03. The topological polar surface area (TPSA) is 75.4 Å². The van der Waals surface area contributed by atoms with Gasteiger partial charge in [0.05, 0.1) is 5.41 Å². The molecule has 0 saturated carbocycles. The summed E-state index contributed by atoms with van der Waals surface area (Å²) >= 11 is 0. The maximum absolute atomic E-state index is 11.0. The van der Waals surface area contributed by atoms with Gasteiger partial charge >= 0.3 is 5.97 Å². The summed E-state index contributed by atoms with van der Waals surface area (Å²) in [5.41, 5.74) is 1.89. The Kier molecular flexibility index (Phi) is 3.57. The van der Waals surface area contributed by atoms with Crippen LogP contribution in [-0.4, -0.2) is 22.6 Å². The minimum absolute atomic E-state index is 0.415. The zero-order valence-electron chi connectivity index (χ0n) is 11.4. The number of aryl methyl sites for hydroxylation is 1. The van der Waals surface area contributed by atoms with Gasteiger partial charge < -0.3 is 14.8 Å². The van der Waals surface area contributed by atoms with E-state index in [0.717, 1.165) is 16.7 Å². The molecule has 2 rings (SSSR count). The Morgan fingerprint density at radius 1 is 1.47 bits per heavy atom. The molecule has 19 heavy (non-hydrogen) atoms. The third-order valence-corrected chi connectivity index (χ3v) is 3.03. The number of fused-ring (bicyclic) bond motifs is 1. The number of hydrogen-bond acceptors (Lipinski definition) is 4.